The first-order chi connectivity index (χ1) is 11.1. The zero-order valence-electron chi connectivity index (χ0n) is 13.7. The minimum Gasteiger partial charge on any atom is -0.382 e. The number of rotatable bonds is 7. The van der Waals surface area contributed by atoms with Crippen LogP contribution < -0.4 is 10.6 Å². The van der Waals surface area contributed by atoms with E-state index < -0.39 is 6.10 Å². The highest BCUT2D eigenvalue weighted by atomic mass is 35.5. The summed E-state index contributed by atoms with van der Waals surface area (Å²) in [6, 6.07) is 7.08. The van der Waals surface area contributed by atoms with Crippen molar-refractivity contribution in [2.24, 2.45) is 5.92 Å². The maximum atomic E-state index is 12.1. The molecular formula is C18H27ClN2O2. The Morgan fingerprint density at radius 2 is 2.09 bits per heavy atom. The molecule has 1 aromatic rings. The predicted molar refractivity (Wildman–Crippen MR) is 93.3 cm³/mol. The number of carbonyl (C=O) groups excluding carboxylic acids is 1. The molecule has 0 radical (unpaired) electrons. The van der Waals surface area contributed by atoms with Crippen LogP contribution in [0.2, 0.25) is 5.02 Å². The molecule has 4 nitrogen and oxygen atoms in total. The van der Waals surface area contributed by atoms with E-state index in [1.54, 1.807) is 12.1 Å². The third kappa shape index (κ3) is 6.13. The van der Waals surface area contributed by atoms with Gasteiger partial charge in [-0.25, -0.2) is 0 Å². The molecule has 2 atom stereocenters. The molecule has 1 fully saturated rings. The van der Waals surface area contributed by atoms with Crippen LogP contribution in [-0.2, 0) is 11.3 Å². The monoisotopic (exact) mass is 338 g/mol. The fraction of sp³-hybridized carbons (Fsp3) is 0.611. The average Bonchev–Trinajstić information content (AvgIpc) is 2.58. The molecule has 0 heterocycles. The first-order valence-corrected chi connectivity index (χ1v) is 8.87. The molecule has 0 bridgehead atoms. The Hall–Kier alpha value is -1.10. The van der Waals surface area contributed by atoms with Crippen molar-refractivity contribution in [1.29, 1.82) is 0 Å². The summed E-state index contributed by atoms with van der Waals surface area (Å²) < 4.78 is 0. The second-order valence-corrected chi connectivity index (χ2v) is 6.93. The number of nitrogens with one attached hydrogen (secondary N) is 2. The quantitative estimate of drug-likeness (QED) is 0.716. The van der Waals surface area contributed by atoms with Gasteiger partial charge in [-0.05, 0) is 49.9 Å². The second kappa shape index (κ2) is 9.26. The Balaban J connectivity index is 1.72. The van der Waals surface area contributed by atoms with Gasteiger partial charge in [0.1, 0.15) is 6.10 Å². The molecular weight excluding hydrogens is 312 g/mol. The van der Waals surface area contributed by atoms with E-state index in [1.165, 1.54) is 32.1 Å². The van der Waals surface area contributed by atoms with Crippen molar-refractivity contribution >= 4 is 17.5 Å². The zero-order valence-corrected chi connectivity index (χ0v) is 14.5. The number of hydrogen-bond donors (Lipinski definition) is 3. The van der Waals surface area contributed by atoms with E-state index in [9.17, 15) is 9.90 Å². The maximum absolute atomic E-state index is 12.1. The molecule has 0 spiro atoms. The highest BCUT2D eigenvalue weighted by Gasteiger charge is 2.23. The lowest BCUT2D eigenvalue weighted by Crippen LogP contribution is -2.48. The van der Waals surface area contributed by atoms with Gasteiger partial charge in [0.15, 0.2) is 0 Å². The van der Waals surface area contributed by atoms with E-state index in [0.717, 1.165) is 12.1 Å². The molecule has 1 saturated carbocycles. The van der Waals surface area contributed by atoms with Crippen LogP contribution in [0.15, 0.2) is 24.3 Å². The van der Waals surface area contributed by atoms with Gasteiger partial charge < -0.3 is 15.7 Å². The molecule has 1 aliphatic carbocycles. The molecule has 0 aromatic heterocycles. The molecule has 128 valence electrons. The number of hydrogen-bond acceptors (Lipinski definition) is 3. The standard InChI is InChI=1S/C18H27ClN2O2/c1-13(20-11-14-6-3-2-4-7-14)17(22)18(23)21-12-15-8-5-9-16(19)10-15/h5,8-10,13-14,17,20,22H,2-4,6-7,11-12H2,1H3,(H,21,23). The SMILES string of the molecule is CC(NCC1CCCCC1)C(O)C(=O)NCc1cccc(Cl)c1. The summed E-state index contributed by atoms with van der Waals surface area (Å²) in [5.74, 6) is 0.321. The Labute approximate surface area is 143 Å². The summed E-state index contributed by atoms with van der Waals surface area (Å²) in [5.41, 5.74) is 0.917. The van der Waals surface area contributed by atoms with E-state index in [1.807, 2.05) is 19.1 Å². The van der Waals surface area contributed by atoms with Crippen molar-refractivity contribution < 1.29 is 9.90 Å². The molecule has 0 saturated heterocycles. The van der Waals surface area contributed by atoms with Crippen LogP contribution in [-0.4, -0.2) is 29.7 Å². The number of amides is 1. The summed E-state index contributed by atoms with van der Waals surface area (Å²) in [5, 5.41) is 16.9. The van der Waals surface area contributed by atoms with Gasteiger partial charge in [-0.3, -0.25) is 4.79 Å². The zero-order chi connectivity index (χ0) is 16.7. The lowest BCUT2D eigenvalue weighted by molar-refractivity contribution is -0.130. The minimum absolute atomic E-state index is 0.253. The number of aliphatic hydroxyl groups is 1. The summed E-state index contributed by atoms with van der Waals surface area (Å²) in [6.45, 7) is 3.10. The van der Waals surface area contributed by atoms with Crippen LogP contribution in [0.5, 0.6) is 0 Å². The summed E-state index contributed by atoms with van der Waals surface area (Å²) in [6.07, 6.45) is 5.37. The molecule has 1 amide bonds. The van der Waals surface area contributed by atoms with E-state index in [0.29, 0.717) is 17.5 Å². The lowest BCUT2D eigenvalue weighted by Gasteiger charge is -2.25. The molecule has 0 aliphatic heterocycles. The van der Waals surface area contributed by atoms with Crippen molar-refractivity contribution in [3.05, 3.63) is 34.9 Å². The van der Waals surface area contributed by atoms with Crippen LogP contribution in [0.1, 0.15) is 44.6 Å². The van der Waals surface area contributed by atoms with Crippen LogP contribution in [0, 0.1) is 5.92 Å². The Kier molecular flexibility index (Phi) is 7.34. The van der Waals surface area contributed by atoms with Crippen LogP contribution in [0.25, 0.3) is 0 Å². The fourth-order valence-corrected chi connectivity index (χ4v) is 3.24. The first kappa shape index (κ1) is 18.2. The average molecular weight is 339 g/mol. The lowest BCUT2D eigenvalue weighted by atomic mass is 9.89. The summed E-state index contributed by atoms with van der Waals surface area (Å²) >= 11 is 5.92. The topological polar surface area (TPSA) is 61.4 Å². The molecule has 3 N–H and O–H groups in total. The van der Waals surface area contributed by atoms with E-state index in [-0.39, 0.29) is 11.9 Å². The number of aliphatic hydroxyl groups excluding tert-OH is 1. The number of halogens is 1. The van der Waals surface area contributed by atoms with Crippen molar-refractivity contribution in [1.82, 2.24) is 10.6 Å². The summed E-state index contributed by atoms with van der Waals surface area (Å²) in [4.78, 5) is 12.1. The van der Waals surface area contributed by atoms with Crippen molar-refractivity contribution in [2.75, 3.05) is 6.54 Å². The van der Waals surface area contributed by atoms with Gasteiger partial charge >= 0.3 is 0 Å². The predicted octanol–water partition coefficient (Wildman–Crippen LogP) is 2.88. The molecule has 2 rings (SSSR count). The van der Waals surface area contributed by atoms with Crippen LogP contribution in [0.3, 0.4) is 0 Å². The summed E-state index contributed by atoms with van der Waals surface area (Å²) in [7, 11) is 0. The third-order valence-corrected chi connectivity index (χ3v) is 4.79. The Morgan fingerprint density at radius 1 is 1.35 bits per heavy atom. The Bertz CT molecular complexity index is 504. The number of carbonyl (C=O) groups is 1. The smallest absolute Gasteiger partial charge is 0.250 e. The van der Waals surface area contributed by atoms with Gasteiger partial charge in [0.05, 0.1) is 0 Å². The largest absolute Gasteiger partial charge is 0.382 e. The van der Waals surface area contributed by atoms with Gasteiger partial charge in [-0.1, -0.05) is 43.0 Å². The first-order valence-electron chi connectivity index (χ1n) is 8.50. The molecule has 1 aliphatic rings. The third-order valence-electron chi connectivity index (χ3n) is 4.55. The van der Waals surface area contributed by atoms with E-state index in [2.05, 4.69) is 10.6 Å². The van der Waals surface area contributed by atoms with Gasteiger partial charge in [0.2, 0.25) is 0 Å². The normalized spacial score (nSPS) is 18.4. The van der Waals surface area contributed by atoms with Crippen LogP contribution >= 0.6 is 11.6 Å². The minimum atomic E-state index is -1.04. The van der Waals surface area contributed by atoms with Crippen LogP contribution in [0.4, 0.5) is 0 Å². The van der Waals surface area contributed by atoms with E-state index >= 15 is 0 Å². The second-order valence-electron chi connectivity index (χ2n) is 6.49. The molecule has 23 heavy (non-hydrogen) atoms. The maximum Gasteiger partial charge on any atom is 0.250 e. The highest BCUT2D eigenvalue weighted by Crippen LogP contribution is 2.22. The Morgan fingerprint density at radius 3 is 2.78 bits per heavy atom. The fourth-order valence-electron chi connectivity index (χ4n) is 3.02. The van der Waals surface area contributed by atoms with Crippen molar-refractivity contribution in [2.45, 2.75) is 57.7 Å². The van der Waals surface area contributed by atoms with Crippen molar-refractivity contribution in [3.63, 3.8) is 0 Å². The number of benzene rings is 1. The molecule has 1 aromatic carbocycles. The molecule has 2 unspecified atom stereocenters. The highest BCUT2D eigenvalue weighted by molar-refractivity contribution is 6.30. The van der Waals surface area contributed by atoms with E-state index in [4.69, 9.17) is 11.6 Å². The van der Waals surface area contributed by atoms with Gasteiger partial charge in [-0.15, -0.1) is 0 Å². The van der Waals surface area contributed by atoms with Gasteiger partial charge in [0.25, 0.3) is 5.91 Å². The molecule has 5 heteroatoms. The van der Waals surface area contributed by atoms with Crippen molar-refractivity contribution in [3.8, 4) is 0 Å². The van der Waals surface area contributed by atoms with Gasteiger partial charge in [0, 0.05) is 17.6 Å². The van der Waals surface area contributed by atoms with Gasteiger partial charge in [-0.2, -0.15) is 0 Å².